The highest BCUT2D eigenvalue weighted by molar-refractivity contribution is 4.64. The lowest BCUT2D eigenvalue weighted by molar-refractivity contribution is 0.111. The number of hydrogen-bond donors (Lipinski definition) is 0. The van der Waals surface area contributed by atoms with Crippen molar-refractivity contribution in [3.63, 3.8) is 0 Å². The van der Waals surface area contributed by atoms with E-state index in [1.807, 2.05) is 0 Å². The minimum atomic E-state index is 0.549. The van der Waals surface area contributed by atoms with Crippen LogP contribution in [0.4, 0.5) is 0 Å². The maximum Gasteiger partial charge on any atom is 0.0624 e. The van der Waals surface area contributed by atoms with Crippen LogP contribution in [0.15, 0.2) is 0 Å². The molecule has 0 saturated heterocycles. The van der Waals surface area contributed by atoms with Crippen LogP contribution in [0.1, 0.15) is 6.42 Å². The molecule has 0 rings (SSSR count). The molecule has 74 valence electrons. The molecule has 0 radical (unpaired) electrons. The van der Waals surface area contributed by atoms with Crippen molar-refractivity contribution >= 4 is 0 Å². The Bertz CT molecular complexity index is 102. The molecule has 0 fully saturated rings. The SMILES string of the molecule is CN(C)CCC(N(C)C)N(C)C. The van der Waals surface area contributed by atoms with Crippen LogP contribution in [-0.4, -0.2) is 69.7 Å². The van der Waals surface area contributed by atoms with E-state index in [1.165, 1.54) is 6.42 Å². The van der Waals surface area contributed by atoms with Gasteiger partial charge in [0.15, 0.2) is 0 Å². The van der Waals surface area contributed by atoms with Gasteiger partial charge in [-0.25, -0.2) is 0 Å². The van der Waals surface area contributed by atoms with Crippen molar-refractivity contribution in [2.24, 2.45) is 0 Å². The summed E-state index contributed by atoms with van der Waals surface area (Å²) in [7, 11) is 12.7. The molecular weight excluding hydrogens is 150 g/mol. The van der Waals surface area contributed by atoms with Gasteiger partial charge in [0.05, 0.1) is 6.17 Å². The molecule has 0 aliphatic carbocycles. The van der Waals surface area contributed by atoms with Crippen molar-refractivity contribution in [2.45, 2.75) is 12.6 Å². The van der Waals surface area contributed by atoms with Crippen molar-refractivity contribution in [1.82, 2.24) is 14.7 Å². The molecule has 0 aliphatic rings. The third kappa shape index (κ3) is 4.70. The zero-order valence-corrected chi connectivity index (χ0v) is 9.33. The molecule has 3 heteroatoms. The Morgan fingerprint density at radius 1 is 0.833 bits per heavy atom. The summed E-state index contributed by atoms with van der Waals surface area (Å²) in [6.07, 6.45) is 1.74. The molecule has 3 nitrogen and oxygen atoms in total. The van der Waals surface area contributed by atoms with E-state index < -0.39 is 0 Å². The molecule has 0 amide bonds. The van der Waals surface area contributed by atoms with E-state index >= 15 is 0 Å². The second kappa shape index (κ2) is 5.51. The Labute approximate surface area is 76.9 Å². The summed E-state index contributed by atoms with van der Waals surface area (Å²) in [6.45, 7) is 1.14. The summed E-state index contributed by atoms with van der Waals surface area (Å²) in [6, 6.07) is 0. The molecule has 0 spiro atoms. The first kappa shape index (κ1) is 11.9. The maximum atomic E-state index is 2.25. The highest BCUT2D eigenvalue weighted by atomic mass is 15.3. The standard InChI is InChI=1S/C9H23N3/c1-10(2)8-7-9(11(3)4)12(5)6/h9H,7-8H2,1-6H3. The Morgan fingerprint density at radius 2 is 1.25 bits per heavy atom. The summed E-state index contributed by atoms with van der Waals surface area (Å²) >= 11 is 0. The smallest absolute Gasteiger partial charge is 0.0624 e. The van der Waals surface area contributed by atoms with Gasteiger partial charge in [-0.1, -0.05) is 0 Å². The third-order valence-electron chi connectivity index (χ3n) is 2.03. The van der Waals surface area contributed by atoms with Gasteiger partial charge in [-0.15, -0.1) is 0 Å². The number of nitrogens with zero attached hydrogens (tertiary/aromatic N) is 3. The quantitative estimate of drug-likeness (QED) is 0.557. The lowest BCUT2D eigenvalue weighted by Gasteiger charge is -2.31. The fourth-order valence-electron chi connectivity index (χ4n) is 1.35. The number of hydrogen-bond acceptors (Lipinski definition) is 3. The van der Waals surface area contributed by atoms with E-state index in [9.17, 15) is 0 Å². The minimum absolute atomic E-state index is 0.549. The molecular formula is C9H23N3. The molecule has 0 aliphatic heterocycles. The Morgan fingerprint density at radius 3 is 1.50 bits per heavy atom. The van der Waals surface area contributed by atoms with Crippen molar-refractivity contribution in [3.05, 3.63) is 0 Å². The van der Waals surface area contributed by atoms with Gasteiger partial charge >= 0.3 is 0 Å². The molecule has 0 aromatic heterocycles. The summed E-state index contributed by atoms with van der Waals surface area (Å²) in [5.74, 6) is 0. The van der Waals surface area contributed by atoms with Gasteiger partial charge in [0, 0.05) is 6.54 Å². The molecule has 0 aromatic carbocycles. The molecule has 0 atom stereocenters. The molecule has 0 unspecified atom stereocenters. The van der Waals surface area contributed by atoms with Gasteiger partial charge in [-0.2, -0.15) is 0 Å². The van der Waals surface area contributed by atoms with E-state index in [2.05, 4.69) is 57.0 Å². The van der Waals surface area contributed by atoms with Gasteiger partial charge in [-0.05, 0) is 48.7 Å². The molecule has 12 heavy (non-hydrogen) atoms. The molecule has 0 aromatic rings. The van der Waals surface area contributed by atoms with Crippen LogP contribution in [0, 0.1) is 0 Å². The second-order valence-corrected chi connectivity index (χ2v) is 4.00. The maximum absolute atomic E-state index is 2.25. The molecule has 0 bridgehead atoms. The van der Waals surface area contributed by atoms with Gasteiger partial charge in [0.1, 0.15) is 0 Å². The van der Waals surface area contributed by atoms with E-state index in [0.29, 0.717) is 6.17 Å². The van der Waals surface area contributed by atoms with E-state index in [0.717, 1.165) is 6.54 Å². The highest BCUT2D eigenvalue weighted by Crippen LogP contribution is 2.02. The predicted octanol–water partition coefficient (Wildman–Crippen LogP) is 0.387. The largest absolute Gasteiger partial charge is 0.309 e. The summed E-state index contributed by atoms with van der Waals surface area (Å²) < 4.78 is 0. The van der Waals surface area contributed by atoms with E-state index in [-0.39, 0.29) is 0 Å². The Hall–Kier alpha value is -0.120. The molecule has 0 heterocycles. The van der Waals surface area contributed by atoms with Crippen LogP contribution in [0.3, 0.4) is 0 Å². The summed E-state index contributed by atoms with van der Waals surface area (Å²) in [5, 5.41) is 0. The van der Waals surface area contributed by atoms with Crippen molar-refractivity contribution in [2.75, 3.05) is 48.8 Å². The topological polar surface area (TPSA) is 9.72 Å². The number of rotatable bonds is 5. The van der Waals surface area contributed by atoms with Crippen molar-refractivity contribution < 1.29 is 0 Å². The lowest BCUT2D eigenvalue weighted by Crippen LogP contribution is -2.42. The van der Waals surface area contributed by atoms with Gasteiger partial charge < -0.3 is 4.90 Å². The van der Waals surface area contributed by atoms with Crippen LogP contribution >= 0.6 is 0 Å². The molecule has 0 saturated carbocycles. The van der Waals surface area contributed by atoms with E-state index in [4.69, 9.17) is 0 Å². The van der Waals surface area contributed by atoms with Crippen molar-refractivity contribution in [1.29, 1.82) is 0 Å². The average Bonchev–Trinajstić information content (AvgIpc) is 1.84. The Kier molecular flexibility index (Phi) is 5.46. The van der Waals surface area contributed by atoms with Gasteiger partial charge in [-0.3, -0.25) is 9.80 Å². The summed E-state index contributed by atoms with van der Waals surface area (Å²) in [4.78, 5) is 6.73. The van der Waals surface area contributed by atoms with Crippen LogP contribution in [0.2, 0.25) is 0 Å². The van der Waals surface area contributed by atoms with Crippen molar-refractivity contribution in [3.8, 4) is 0 Å². The third-order valence-corrected chi connectivity index (χ3v) is 2.03. The fourth-order valence-corrected chi connectivity index (χ4v) is 1.35. The summed E-state index contributed by atoms with van der Waals surface area (Å²) in [5.41, 5.74) is 0. The normalized spacial score (nSPS) is 12.5. The van der Waals surface area contributed by atoms with Crippen LogP contribution in [-0.2, 0) is 0 Å². The first-order valence-electron chi connectivity index (χ1n) is 4.42. The van der Waals surface area contributed by atoms with Crippen LogP contribution < -0.4 is 0 Å². The first-order valence-corrected chi connectivity index (χ1v) is 4.42. The Balaban J connectivity index is 3.80. The van der Waals surface area contributed by atoms with Gasteiger partial charge in [0.25, 0.3) is 0 Å². The minimum Gasteiger partial charge on any atom is -0.309 e. The average molecular weight is 173 g/mol. The first-order chi connectivity index (χ1) is 5.45. The zero-order valence-electron chi connectivity index (χ0n) is 9.33. The molecule has 0 N–H and O–H groups in total. The fraction of sp³-hybridized carbons (Fsp3) is 1.00. The van der Waals surface area contributed by atoms with Gasteiger partial charge in [0.2, 0.25) is 0 Å². The van der Waals surface area contributed by atoms with E-state index in [1.54, 1.807) is 0 Å². The van der Waals surface area contributed by atoms with Crippen LogP contribution in [0.25, 0.3) is 0 Å². The van der Waals surface area contributed by atoms with Crippen LogP contribution in [0.5, 0.6) is 0 Å². The highest BCUT2D eigenvalue weighted by Gasteiger charge is 2.12. The monoisotopic (exact) mass is 173 g/mol. The zero-order chi connectivity index (χ0) is 9.72. The predicted molar refractivity (Wildman–Crippen MR) is 54.3 cm³/mol. The second-order valence-electron chi connectivity index (χ2n) is 4.00. The lowest BCUT2D eigenvalue weighted by atomic mass is 10.3.